The topological polar surface area (TPSA) is 54.1 Å². The maximum absolute atomic E-state index is 13.9. The summed E-state index contributed by atoms with van der Waals surface area (Å²) in [6.45, 7) is 0.976. The highest BCUT2D eigenvalue weighted by Crippen LogP contribution is 2.29. The zero-order chi connectivity index (χ0) is 15.9. The number of ether oxygens (including phenoxy) is 1. The summed E-state index contributed by atoms with van der Waals surface area (Å²) in [5.74, 6) is -7.68. The summed E-state index contributed by atoms with van der Waals surface area (Å²) in [6.07, 6.45) is 2.21. The molecule has 1 aliphatic rings. The predicted octanol–water partition coefficient (Wildman–Crippen LogP) is 2.63. The van der Waals surface area contributed by atoms with Crippen molar-refractivity contribution >= 4 is 16.8 Å². The van der Waals surface area contributed by atoms with Crippen molar-refractivity contribution in [1.82, 2.24) is 10.3 Å². The minimum Gasteiger partial charge on any atom is -0.381 e. The molecule has 0 bridgehead atoms. The number of carbonyl (C=O) groups excluding carboxylic acids is 1. The molecule has 4 nitrogen and oxygen atoms in total. The van der Waals surface area contributed by atoms with Crippen LogP contribution >= 0.6 is 0 Å². The smallest absolute Gasteiger partial charge is 0.253 e. The van der Waals surface area contributed by atoms with Gasteiger partial charge in [-0.15, -0.1) is 0 Å². The van der Waals surface area contributed by atoms with Crippen LogP contribution in [0, 0.1) is 23.3 Å². The van der Waals surface area contributed by atoms with E-state index in [0.29, 0.717) is 26.1 Å². The van der Waals surface area contributed by atoms with E-state index in [1.165, 1.54) is 0 Å². The Morgan fingerprint density at radius 3 is 2.41 bits per heavy atom. The Balaban J connectivity index is 1.99. The van der Waals surface area contributed by atoms with Crippen LogP contribution in [0.15, 0.2) is 6.20 Å². The van der Waals surface area contributed by atoms with Crippen LogP contribution in [-0.2, 0) is 4.74 Å². The van der Waals surface area contributed by atoms with E-state index in [1.807, 2.05) is 0 Å². The molecule has 2 N–H and O–H groups in total. The fraction of sp³-hybridized carbons (Fsp3) is 0.357. The van der Waals surface area contributed by atoms with Crippen molar-refractivity contribution in [3.63, 3.8) is 0 Å². The van der Waals surface area contributed by atoms with Crippen molar-refractivity contribution in [2.45, 2.75) is 18.9 Å². The minimum absolute atomic E-state index is 0.163. The Morgan fingerprint density at radius 1 is 1.09 bits per heavy atom. The van der Waals surface area contributed by atoms with Gasteiger partial charge in [0.1, 0.15) is 0 Å². The number of H-pyrrole nitrogens is 1. The molecule has 1 aromatic heterocycles. The highest BCUT2D eigenvalue weighted by atomic mass is 19.2. The van der Waals surface area contributed by atoms with Gasteiger partial charge < -0.3 is 15.0 Å². The Labute approximate surface area is 122 Å². The van der Waals surface area contributed by atoms with Crippen LogP contribution in [0.2, 0.25) is 0 Å². The number of amides is 1. The van der Waals surface area contributed by atoms with Gasteiger partial charge in [-0.3, -0.25) is 4.79 Å². The maximum atomic E-state index is 13.9. The van der Waals surface area contributed by atoms with Gasteiger partial charge in [-0.05, 0) is 12.8 Å². The van der Waals surface area contributed by atoms with Crippen molar-refractivity contribution in [1.29, 1.82) is 0 Å². The molecule has 3 rings (SSSR count). The molecule has 8 heteroatoms. The van der Waals surface area contributed by atoms with Gasteiger partial charge in [-0.1, -0.05) is 0 Å². The van der Waals surface area contributed by atoms with E-state index in [-0.39, 0.29) is 11.6 Å². The third-order valence-corrected chi connectivity index (χ3v) is 3.70. The third kappa shape index (κ3) is 2.33. The van der Waals surface area contributed by atoms with Gasteiger partial charge in [0.15, 0.2) is 23.3 Å². The Bertz CT molecular complexity index is 738. The average Bonchev–Trinajstić information content (AvgIpc) is 2.97. The molecular formula is C14H12F4N2O2. The zero-order valence-corrected chi connectivity index (χ0v) is 11.3. The monoisotopic (exact) mass is 316 g/mol. The normalized spacial score (nSPS) is 16.2. The summed E-state index contributed by atoms with van der Waals surface area (Å²) in [5, 5.41) is 2.05. The number of aromatic amines is 1. The summed E-state index contributed by atoms with van der Waals surface area (Å²) in [6, 6.07) is -0.163. The number of aromatic nitrogens is 1. The van der Waals surface area contributed by atoms with Crippen molar-refractivity contribution in [3.05, 3.63) is 35.0 Å². The van der Waals surface area contributed by atoms with Crippen LogP contribution in [0.3, 0.4) is 0 Å². The molecule has 118 valence electrons. The zero-order valence-electron chi connectivity index (χ0n) is 11.3. The van der Waals surface area contributed by atoms with Crippen LogP contribution in [-0.4, -0.2) is 30.1 Å². The molecule has 0 atom stereocenters. The maximum Gasteiger partial charge on any atom is 0.253 e. The number of halogens is 4. The molecule has 0 spiro atoms. The standard InChI is InChI=1S/C14H12F4N2O2/c15-9-8-7(14(21)20-6-1-3-22-4-2-6)5-19-13(8)12(18)11(17)10(9)16/h5-6,19H,1-4H2,(H,20,21). The van der Waals surface area contributed by atoms with Gasteiger partial charge in [0.25, 0.3) is 5.91 Å². The van der Waals surface area contributed by atoms with Crippen LogP contribution in [0.25, 0.3) is 10.9 Å². The van der Waals surface area contributed by atoms with Crippen molar-refractivity contribution < 1.29 is 27.1 Å². The first-order valence-corrected chi connectivity index (χ1v) is 6.72. The molecule has 0 radical (unpaired) electrons. The summed E-state index contributed by atoms with van der Waals surface area (Å²) in [7, 11) is 0. The quantitative estimate of drug-likeness (QED) is 0.508. The fourth-order valence-corrected chi connectivity index (χ4v) is 2.52. The summed E-state index contributed by atoms with van der Waals surface area (Å²) in [4.78, 5) is 14.4. The van der Waals surface area contributed by atoms with E-state index in [2.05, 4.69) is 10.3 Å². The molecule has 1 aliphatic heterocycles. The Hall–Kier alpha value is -2.09. The molecule has 0 unspecified atom stereocenters. The summed E-state index contributed by atoms with van der Waals surface area (Å²) < 4.78 is 59.2. The number of fused-ring (bicyclic) bond motifs is 1. The largest absolute Gasteiger partial charge is 0.381 e. The lowest BCUT2D eigenvalue weighted by atomic mass is 10.1. The van der Waals surface area contributed by atoms with Crippen LogP contribution in [0.1, 0.15) is 23.2 Å². The molecule has 2 heterocycles. The molecule has 0 saturated carbocycles. The highest BCUT2D eigenvalue weighted by molar-refractivity contribution is 6.07. The number of nitrogens with one attached hydrogen (secondary N) is 2. The van der Waals surface area contributed by atoms with Gasteiger partial charge in [0.05, 0.1) is 16.5 Å². The molecule has 22 heavy (non-hydrogen) atoms. The van der Waals surface area contributed by atoms with Crippen LogP contribution in [0.5, 0.6) is 0 Å². The van der Waals surface area contributed by atoms with Crippen molar-refractivity contribution in [2.75, 3.05) is 13.2 Å². The number of carbonyl (C=O) groups is 1. The summed E-state index contributed by atoms with van der Waals surface area (Å²) in [5.41, 5.74) is -0.842. The van der Waals surface area contributed by atoms with Crippen molar-refractivity contribution in [2.24, 2.45) is 0 Å². The molecule has 1 fully saturated rings. The number of rotatable bonds is 2. The minimum atomic E-state index is -1.94. The third-order valence-electron chi connectivity index (χ3n) is 3.70. The molecule has 1 aromatic carbocycles. The Morgan fingerprint density at radius 2 is 1.73 bits per heavy atom. The molecule has 0 aliphatic carbocycles. The highest BCUT2D eigenvalue weighted by Gasteiger charge is 2.27. The first-order valence-electron chi connectivity index (χ1n) is 6.72. The Kier molecular flexibility index (Phi) is 3.78. The van der Waals surface area contributed by atoms with E-state index < -0.39 is 40.1 Å². The number of hydrogen-bond donors (Lipinski definition) is 2. The van der Waals surface area contributed by atoms with Gasteiger partial charge in [0, 0.05) is 25.5 Å². The van der Waals surface area contributed by atoms with E-state index in [9.17, 15) is 22.4 Å². The van der Waals surface area contributed by atoms with Crippen LogP contribution in [0.4, 0.5) is 17.6 Å². The first kappa shape index (κ1) is 14.8. The molecular weight excluding hydrogens is 304 g/mol. The van der Waals surface area contributed by atoms with E-state index >= 15 is 0 Å². The lowest BCUT2D eigenvalue weighted by molar-refractivity contribution is 0.0697. The second-order valence-electron chi connectivity index (χ2n) is 5.07. The lowest BCUT2D eigenvalue weighted by Gasteiger charge is -2.22. The van der Waals surface area contributed by atoms with E-state index in [4.69, 9.17) is 4.74 Å². The fourth-order valence-electron chi connectivity index (χ4n) is 2.52. The molecule has 2 aromatic rings. The second kappa shape index (κ2) is 5.60. The van der Waals surface area contributed by atoms with Crippen LogP contribution < -0.4 is 5.32 Å². The average molecular weight is 316 g/mol. The first-order chi connectivity index (χ1) is 10.5. The van der Waals surface area contributed by atoms with E-state index in [0.717, 1.165) is 6.20 Å². The molecule has 1 saturated heterocycles. The lowest BCUT2D eigenvalue weighted by Crippen LogP contribution is -2.38. The van der Waals surface area contributed by atoms with Gasteiger partial charge in [-0.25, -0.2) is 17.6 Å². The van der Waals surface area contributed by atoms with Gasteiger partial charge in [-0.2, -0.15) is 0 Å². The van der Waals surface area contributed by atoms with Crippen molar-refractivity contribution in [3.8, 4) is 0 Å². The number of benzene rings is 1. The van der Waals surface area contributed by atoms with E-state index in [1.54, 1.807) is 0 Å². The molecule has 1 amide bonds. The second-order valence-corrected chi connectivity index (χ2v) is 5.07. The number of hydrogen-bond acceptors (Lipinski definition) is 2. The van der Waals surface area contributed by atoms with Gasteiger partial charge in [0.2, 0.25) is 0 Å². The van der Waals surface area contributed by atoms with Gasteiger partial charge >= 0.3 is 0 Å². The predicted molar refractivity (Wildman–Crippen MR) is 69.4 cm³/mol. The summed E-state index contributed by atoms with van der Waals surface area (Å²) >= 11 is 0. The SMILES string of the molecule is O=C(NC1CCOCC1)c1c[nH]c2c(F)c(F)c(F)c(F)c12.